The molecule has 1 aliphatic heterocycles. The van der Waals surface area contributed by atoms with Crippen molar-refractivity contribution in [2.75, 3.05) is 13.7 Å². The number of imide groups is 1. The van der Waals surface area contributed by atoms with Crippen molar-refractivity contribution in [1.29, 1.82) is 0 Å². The van der Waals surface area contributed by atoms with E-state index in [0.717, 1.165) is 5.57 Å². The maximum Gasteiger partial charge on any atom is 0.303 e. The number of carbonyl (C=O) groups excluding carboxylic acids is 4. The molecule has 1 heterocycles. The predicted molar refractivity (Wildman–Crippen MR) is 139 cm³/mol. The zero-order valence-electron chi connectivity index (χ0n) is 21.9. The molecule has 1 saturated heterocycles. The third-order valence-electron chi connectivity index (χ3n) is 8.46. The number of rotatable bonds is 8. The highest BCUT2D eigenvalue weighted by Crippen LogP contribution is 2.55. The van der Waals surface area contributed by atoms with Crippen molar-refractivity contribution in [2.24, 2.45) is 17.8 Å². The Morgan fingerprint density at radius 1 is 1.08 bits per heavy atom. The largest absolute Gasteiger partial charge is 0.504 e. The lowest BCUT2D eigenvalue weighted by atomic mass is 9.59. The number of amides is 2. The summed E-state index contributed by atoms with van der Waals surface area (Å²) in [6.45, 7) is 1.84. The summed E-state index contributed by atoms with van der Waals surface area (Å²) in [5, 5.41) is 19.0. The molecule has 0 radical (unpaired) electrons. The van der Waals surface area contributed by atoms with Crippen molar-refractivity contribution in [3.8, 4) is 11.5 Å². The average Bonchev–Trinajstić information content (AvgIpc) is 3.15. The number of allylic oxidation sites excluding steroid dienone is 6. The zero-order valence-corrected chi connectivity index (χ0v) is 21.9. The molecule has 4 atom stereocenters. The van der Waals surface area contributed by atoms with E-state index in [9.17, 15) is 29.1 Å². The normalized spacial score (nSPS) is 26.2. The molecule has 2 amide bonds. The second-order valence-electron chi connectivity index (χ2n) is 10.7. The fraction of sp³-hybridized carbons (Fsp3) is 0.433. The molecule has 2 N–H and O–H groups in total. The van der Waals surface area contributed by atoms with E-state index < -0.39 is 29.6 Å². The number of methoxy groups -OCH3 is 1. The van der Waals surface area contributed by atoms with E-state index in [1.165, 1.54) is 24.2 Å². The minimum atomic E-state index is -0.874. The van der Waals surface area contributed by atoms with E-state index in [0.29, 0.717) is 48.0 Å². The number of carbonyl (C=O) groups is 5. The van der Waals surface area contributed by atoms with Crippen LogP contribution in [0, 0.1) is 17.8 Å². The number of likely N-dealkylation sites (tertiary alicyclic amines) is 1. The number of ether oxygens (including phenoxy) is 1. The van der Waals surface area contributed by atoms with Crippen LogP contribution < -0.4 is 4.74 Å². The Hall–Kier alpha value is -4.01. The van der Waals surface area contributed by atoms with Crippen molar-refractivity contribution in [3.63, 3.8) is 0 Å². The molecular formula is C30H31NO8. The van der Waals surface area contributed by atoms with Gasteiger partial charge in [-0.1, -0.05) is 24.1 Å². The second-order valence-corrected chi connectivity index (χ2v) is 10.7. The SMILES string of the molecule is COc1cc(C2C3=CCC4C(=O)N(CCCCCC(=O)O)C(=O)C4C3CC3=C2C(=O)C=C(C)C3=O)ccc1O. The average molecular weight is 534 g/mol. The summed E-state index contributed by atoms with van der Waals surface area (Å²) < 4.78 is 5.31. The number of benzene rings is 1. The van der Waals surface area contributed by atoms with Gasteiger partial charge in [0.15, 0.2) is 23.1 Å². The van der Waals surface area contributed by atoms with E-state index in [1.54, 1.807) is 19.1 Å². The molecule has 9 nitrogen and oxygen atoms in total. The second kappa shape index (κ2) is 10.3. The van der Waals surface area contributed by atoms with Crippen LogP contribution >= 0.6 is 0 Å². The molecule has 0 bridgehead atoms. The lowest BCUT2D eigenvalue weighted by Crippen LogP contribution is -2.39. The van der Waals surface area contributed by atoms with E-state index in [1.807, 2.05) is 6.08 Å². The highest BCUT2D eigenvalue weighted by atomic mass is 16.5. The highest BCUT2D eigenvalue weighted by molar-refractivity contribution is 6.23. The first-order chi connectivity index (χ1) is 18.6. The quantitative estimate of drug-likeness (QED) is 0.224. The van der Waals surface area contributed by atoms with Gasteiger partial charge in [-0.25, -0.2) is 0 Å². The summed E-state index contributed by atoms with van der Waals surface area (Å²) in [7, 11) is 1.43. The van der Waals surface area contributed by atoms with Crippen molar-refractivity contribution in [3.05, 3.63) is 58.2 Å². The number of nitrogens with zero attached hydrogens (tertiary/aromatic N) is 1. The van der Waals surface area contributed by atoms with Gasteiger partial charge in [0.2, 0.25) is 11.8 Å². The van der Waals surface area contributed by atoms with Gasteiger partial charge in [0, 0.05) is 35.6 Å². The van der Waals surface area contributed by atoms with Crippen LogP contribution in [0.5, 0.6) is 11.5 Å². The fourth-order valence-electron chi connectivity index (χ4n) is 6.64. The maximum absolute atomic E-state index is 13.7. The molecule has 1 aromatic rings. The van der Waals surface area contributed by atoms with Crippen LogP contribution in [-0.2, 0) is 24.0 Å². The molecule has 4 unspecified atom stereocenters. The molecular weight excluding hydrogens is 502 g/mol. The van der Waals surface area contributed by atoms with Gasteiger partial charge in [0.1, 0.15) is 0 Å². The summed E-state index contributed by atoms with van der Waals surface area (Å²) in [6.07, 6.45) is 5.50. The molecule has 3 aliphatic carbocycles. The number of Topliss-reactive ketones (excluding diaryl/α,β-unsaturated/α-hetero) is 1. The van der Waals surface area contributed by atoms with Gasteiger partial charge >= 0.3 is 5.97 Å². The highest BCUT2D eigenvalue weighted by Gasteiger charge is 2.56. The fourth-order valence-corrected chi connectivity index (χ4v) is 6.64. The van der Waals surface area contributed by atoms with Crippen LogP contribution in [0.15, 0.2) is 52.6 Å². The van der Waals surface area contributed by atoms with Gasteiger partial charge in [0.05, 0.1) is 18.9 Å². The summed E-state index contributed by atoms with van der Waals surface area (Å²) in [5.74, 6) is -3.89. The predicted octanol–water partition coefficient (Wildman–Crippen LogP) is 3.48. The number of carboxylic acid groups (broad SMARTS) is 1. The van der Waals surface area contributed by atoms with Gasteiger partial charge < -0.3 is 14.9 Å². The Kier molecular flexibility index (Phi) is 7.01. The number of hydrogen-bond donors (Lipinski definition) is 2. The molecule has 39 heavy (non-hydrogen) atoms. The van der Waals surface area contributed by atoms with Gasteiger partial charge in [-0.3, -0.25) is 28.9 Å². The zero-order chi connectivity index (χ0) is 28.0. The number of fused-ring (bicyclic) bond motifs is 3. The number of carboxylic acids is 1. The molecule has 0 aromatic heterocycles. The lowest BCUT2D eigenvalue weighted by molar-refractivity contribution is -0.141. The van der Waals surface area contributed by atoms with Crippen LogP contribution in [0.4, 0.5) is 0 Å². The Balaban J connectivity index is 1.51. The topological polar surface area (TPSA) is 138 Å². The van der Waals surface area contributed by atoms with Gasteiger partial charge in [-0.05, 0) is 62.3 Å². The number of phenolic OH excluding ortho intramolecular Hbond substituents is 1. The lowest BCUT2D eigenvalue weighted by Gasteiger charge is -2.42. The third kappa shape index (κ3) is 4.49. The van der Waals surface area contributed by atoms with E-state index in [4.69, 9.17) is 9.84 Å². The molecule has 0 spiro atoms. The van der Waals surface area contributed by atoms with E-state index >= 15 is 0 Å². The van der Waals surface area contributed by atoms with Gasteiger partial charge in [0.25, 0.3) is 0 Å². The first kappa shape index (κ1) is 26.6. The summed E-state index contributed by atoms with van der Waals surface area (Å²) >= 11 is 0. The molecule has 5 rings (SSSR count). The Labute approximate surface area is 225 Å². The van der Waals surface area contributed by atoms with Crippen LogP contribution in [0.2, 0.25) is 0 Å². The molecule has 9 heteroatoms. The number of unbranched alkanes of at least 4 members (excludes halogenated alkanes) is 2. The molecule has 1 aromatic carbocycles. The number of aliphatic carboxylic acids is 1. The smallest absolute Gasteiger partial charge is 0.303 e. The number of ketones is 2. The minimum absolute atomic E-state index is 0.0456. The van der Waals surface area contributed by atoms with Crippen molar-refractivity contribution in [1.82, 2.24) is 4.90 Å². The van der Waals surface area contributed by atoms with Crippen LogP contribution in [0.25, 0.3) is 0 Å². The van der Waals surface area contributed by atoms with Crippen LogP contribution in [0.1, 0.15) is 56.9 Å². The van der Waals surface area contributed by atoms with Crippen LogP contribution in [-0.4, -0.2) is 58.1 Å². The van der Waals surface area contributed by atoms with Crippen molar-refractivity contribution >= 4 is 29.4 Å². The molecule has 1 fully saturated rings. The molecule has 204 valence electrons. The summed E-state index contributed by atoms with van der Waals surface area (Å²) in [5.41, 5.74) is 2.60. The minimum Gasteiger partial charge on any atom is -0.504 e. The number of phenols is 1. The molecule has 0 saturated carbocycles. The Morgan fingerprint density at radius 2 is 1.85 bits per heavy atom. The summed E-state index contributed by atoms with van der Waals surface area (Å²) in [4.78, 5) is 65.7. The summed E-state index contributed by atoms with van der Waals surface area (Å²) in [6, 6.07) is 4.82. The third-order valence-corrected chi connectivity index (χ3v) is 8.46. The Bertz CT molecular complexity index is 1380. The standard InChI is InChI=1S/C30H31NO8/c1-15-12-22(33)27-20(28(15)36)14-19-17(25(27)16-7-10-21(32)23(13-16)39-2)8-9-18-26(19)30(38)31(29(18)37)11-5-3-4-6-24(34)35/h7-8,10,12-13,18-19,25-26,32H,3-6,9,11,14H2,1-2H3,(H,34,35). The first-order valence-corrected chi connectivity index (χ1v) is 13.3. The van der Waals surface area contributed by atoms with Crippen molar-refractivity contribution < 1.29 is 38.9 Å². The maximum atomic E-state index is 13.7. The first-order valence-electron chi connectivity index (χ1n) is 13.3. The Morgan fingerprint density at radius 3 is 2.56 bits per heavy atom. The van der Waals surface area contributed by atoms with E-state index in [-0.39, 0.29) is 54.3 Å². The van der Waals surface area contributed by atoms with Crippen LogP contribution in [0.3, 0.4) is 0 Å². The van der Waals surface area contributed by atoms with Crippen molar-refractivity contribution in [2.45, 2.75) is 51.4 Å². The number of hydrogen-bond acceptors (Lipinski definition) is 7. The number of aromatic hydroxyl groups is 1. The van der Waals surface area contributed by atoms with Gasteiger partial charge in [-0.15, -0.1) is 0 Å². The van der Waals surface area contributed by atoms with E-state index in [2.05, 4.69) is 0 Å². The monoisotopic (exact) mass is 533 g/mol. The van der Waals surface area contributed by atoms with Gasteiger partial charge in [-0.2, -0.15) is 0 Å². The molecule has 4 aliphatic rings.